The number of piperidine rings is 1. The van der Waals surface area contributed by atoms with E-state index >= 15 is 0 Å². The van der Waals surface area contributed by atoms with Crippen molar-refractivity contribution in [2.75, 3.05) is 24.5 Å². The summed E-state index contributed by atoms with van der Waals surface area (Å²) in [5.41, 5.74) is 1.83. The second-order valence-electron chi connectivity index (χ2n) is 7.34. The maximum atomic E-state index is 12.7. The number of aromatic nitrogens is 2. The number of hydrogen-bond donors (Lipinski definition) is 2. The van der Waals surface area contributed by atoms with Gasteiger partial charge in [0.1, 0.15) is 10.3 Å². The smallest absolute Gasteiger partial charge is 0.238 e. The molecule has 3 aromatic rings. The first-order chi connectivity index (χ1) is 14.4. The molecule has 3 heterocycles. The number of benzene rings is 1. The highest BCUT2D eigenvalue weighted by Gasteiger charge is 2.27. The summed E-state index contributed by atoms with van der Waals surface area (Å²) in [6.07, 6.45) is 4.18. The van der Waals surface area contributed by atoms with Crippen LogP contribution < -0.4 is 15.4 Å². The molecule has 30 heavy (non-hydrogen) atoms. The lowest BCUT2D eigenvalue weighted by Crippen LogP contribution is -2.43. The molecule has 3 N–H and O–H groups in total. The van der Waals surface area contributed by atoms with E-state index in [0.29, 0.717) is 19.5 Å². The molecule has 2 aromatic heterocycles. The summed E-state index contributed by atoms with van der Waals surface area (Å²) < 4.78 is 22.6. The van der Waals surface area contributed by atoms with Gasteiger partial charge in [-0.25, -0.2) is 23.5 Å². The van der Waals surface area contributed by atoms with Crippen LogP contribution in [0.1, 0.15) is 18.4 Å². The number of nitrogens with zero attached hydrogens (tertiary/aromatic N) is 3. The molecule has 0 aliphatic carbocycles. The van der Waals surface area contributed by atoms with E-state index in [4.69, 9.17) is 5.14 Å². The van der Waals surface area contributed by atoms with Crippen LogP contribution in [0.3, 0.4) is 0 Å². The number of nitrogens with one attached hydrogen (secondary N) is 1. The number of anilines is 1. The minimum absolute atomic E-state index is 0.0418. The summed E-state index contributed by atoms with van der Waals surface area (Å²) >= 11 is 1.56. The van der Waals surface area contributed by atoms with E-state index in [1.807, 2.05) is 12.1 Å². The van der Waals surface area contributed by atoms with E-state index in [2.05, 4.69) is 20.2 Å². The number of pyridine rings is 1. The van der Waals surface area contributed by atoms with Gasteiger partial charge in [-0.15, -0.1) is 0 Å². The van der Waals surface area contributed by atoms with Gasteiger partial charge >= 0.3 is 0 Å². The van der Waals surface area contributed by atoms with E-state index in [-0.39, 0.29) is 16.7 Å². The Labute approximate surface area is 179 Å². The SMILES string of the molecule is NS(=O)(=O)c1ccc(CCNC(=O)C2CCCN(c3nc4cccnc4s3)C2)cc1. The highest BCUT2D eigenvalue weighted by molar-refractivity contribution is 7.89. The largest absolute Gasteiger partial charge is 0.355 e. The zero-order valence-corrected chi connectivity index (χ0v) is 18.0. The fourth-order valence-electron chi connectivity index (χ4n) is 3.58. The average Bonchev–Trinajstić information content (AvgIpc) is 3.18. The van der Waals surface area contributed by atoms with Crippen molar-refractivity contribution in [3.63, 3.8) is 0 Å². The summed E-state index contributed by atoms with van der Waals surface area (Å²) in [5.74, 6) is -0.0384. The Morgan fingerprint density at radius 1 is 1.27 bits per heavy atom. The van der Waals surface area contributed by atoms with Crippen molar-refractivity contribution < 1.29 is 13.2 Å². The first kappa shape index (κ1) is 20.7. The van der Waals surface area contributed by atoms with Crippen molar-refractivity contribution in [2.45, 2.75) is 24.2 Å². The summed E-state index contributed by atoms with van der Waals surface area (Å²) in [5, 5.41) is 9.03. The molecular formula is C20H23N5O3S2. The van der Waals surface area contributed by atoms with Gasteiger partial charge in [0.2, 0.25) is 15.9 Å². The highest BCUT2D eigenvalue weighted by atomic mass is 32.2. The number of hydrogen-bond acceptors (Lipinski definition) is 7. The average molecular weight is 446 g/mol. The molecule has 8 nitrogen and oxygen atoms in total. The van der Waals surface area contributed by atoms with E-state index in [1.165, 1.54) is 12.1 Å². The molecular weight excluding hydrogens is 422 g/mol. The minimum Gasteiger partial charge on any atom is -0.355 e. The van der Waals surface area contributed by atoms with Gasteiger partial charge in [0.25, 0.3) is 0 Å². The van der Waals surface area contributed by atoms with Gasteiger partial charge in [0.05, 0.1) is 10.8 Å². The number of fused-ring (bicyclic) bond motifs is 1. The van der Waals surface area contributed by atoms with Crippen LogP contribution in [0.2, 0.25) is 0 Å². The molecule has 1 aliphatic heterocycles. The Hall–Kier alpha value is -2.56. The number of sulfonamides is 1. The third kappa shape index (κ3) is 4.77. The van der Waals surface area contributed by atoms with Crippen molar-refractivity contribution in [3.05, 3.63) is 48.2 Å². The van der Waals surface area contributed by atoms with E-state index in [9.17, 15) is 13.2 Å². The van der Waals surface area contributed by atoms with Crippen LogP contribution in [-0.2, 0) is 21.2 Å². The van der Waals surface area contributed by atoms with Crippen molar-refractivity contribution in [1.82, 2.24) is 15.3 Å². The Morgan fingerprint density at radius 3 is 2.80 bits per heavy atom. The third-order valence-corrected chi connectivity index (χ3v) is 7.15. The first-order valence-corrected chi connectivity index (χ1v) is 12.1. The lowest BCUT2D eigenvalue weighted by molar-refractivity contribution is -0.125. The highest BCUT2D eigenvalue weighted by Crippen LogP contribution is 2.30. The van der Waals surface area contributed by atoms with Crippen LogP contribution in [0.5, 0.6) is 0 Å². The van der Waals surface area contributed by atoms with Gasteiger partial charge in [-0.2, -0.15) is 0 Å². The number of primary sulfonamides is 1. The number of carbonyl (C=O) groups excluding carboxylic acids is 1. The van der Waals surface area contributed by atoms with Crippen molar-refractivity contribution in [2.24, 2.45) is 11.1 Å². The molecule has 0 bridgehead atoms. The van der Waals surface area contributed by atoms with Crippen LogP contribution in [0.4, 0.5) is 5.13 Å². The molecule has 1 aromatic carbocycles. The number of amides is 1. The van der Waals surface area contributed by atoms with Gasteiger partial charge in [-0.05, 0) is 49.1 Å². The van der Waals surface area contributed by atoms with Gasteiger partial charge in [-0.1, -0.05) is 23.5 Å². The third-order valence-electron chi connectivity index (χ3n) is 5.18. The lowest BCUT2D eigenvalue weighted by atomic mass is 9.97. The van der Waals surface area contributed by atoms with Gasteiger partial charge in [0, 0.05) is 25.8 Å². The van der Waals surface area contributed by atoms with Crippen LogP contribution in [0, 0.1) is 5.92 Å². The summed E-state index contributed by atoms with van der Waals surface area (Å²) in [4.78, 5) is 24.8. The predicted octanol–water partition coefficient (Wildman–Crippen LogP) is 1.91. The van der Waals surface area contributed by atoms with E-state index < -0.39 is 10.0 Å². The Morgan fingerprint density at radius 2 is 2.07 bits per heavy atom. The molecule has 0 radical (unpaired) electrons. The molecule has 1 amide bonds. The normalized spacial score (nSPS) is 17.2. The van der Waals surface area contributed by atoms with Gasteiger partial charge < -0.3 is 10.2 Å². The van der Waals surface area contributed by atoms with E-state index in [0.717, 1.165) is 40.4 Å². The zero-order chi connectivity index (χ0) is 21.1. The Balaban J connectivity index is 1.31. The molecule has 4 rings (SSSR count). The van der Waals surface area contributed by atoms with E-state index in [1.54, 1.807) is 29.7 Å². The second-order valence-corrected chi connectivity index (χ2v) is 9.86. The fourth-order valence-corrected chi connectivity index (χ4v) is 5.04. The maximum Gasteiger partial charge on any atom is 0.238 e. The molecule has 1 unspecified atom stereocenters. The second kappa shape index (κ2) is 8.66. The molecule has 0 saturated carbocycles. The van der Waals surface area contributed by atoms with Gasteiger partial charge in [0.15, 0.2) is 5.13 Å². The predicted molar refractivity (Wildman–Crippen MR) is 117 cm³/mol. The fraction of sp³-hybridized carbons (Fsp3) is 0.350. The summed E-state index contributed by atoms with van der Waals surface area (Å²) in [7, 11) is -3.69. The van der Waals surface area contributed by atoms with Crippen molar-refractivity contribution in [3.8, 4) is 0 Å². The van der Waals surface area contributed by atoms with Crippen LogP contribution in [-0.4, -0.2) is 43.9 Å². The molecule has 158 valence electrons. The molecule has 1 aliphatic rings. The molecule has 1 saturated heterocycles. The minimum atomic E-state index is -3.69. The number of nitrogens with two attached hydrogens (primary N) is 1. The monoisotopic (exact) mass is 445 g/mol. The molecule has 0 spiro atoms. The van der Waals surface area contributed by atoms with Gasteiger partial charge in [-0.3, -0.25) is 4.79 Å². The van der Waals surface area contributed by atoms with Crippen LogP contribution in [0.25, 0.3) is 10.3 Å². The zero-order valence-electron chi connectivity index (χ0n) is 16.3. The summed E-state index contributed by atoms with van der Waals surface area (Å²) in [6, 6.07) is 10.2. The van der Waals surface area contributed by atoms with Crippen molar-refractivity contribution in [1.29, 1.82) is 0 Å². The van der Waals surface area contributed by atoms with Crippen LogP contribution >= 0.6 is 11.3 Å². The van der Waals surface area contributed by atoms with Crippen LogP contribution in [0.15, 0.2) is 47.5 Å². The Bertz CT molecular complexity index is 1110. The number of carbonyl (C=O) groups is 1. The number of thiazole rings is 1. The standard InChI is InChI=1S/C20H23N5O3S2/c21-30(27,28)16-7-5-14(6-8-16)9-11-22-18(26)15-3-2-12-25(13-15)20-24-17-4-1-10-23-19(17)29-20/h1,4-8,10,15H,2-3,9,11-13H2,(H,22,26)(H2,21,27,28). The first-order valence-electron chi connectivity index (χ1n) is 9.76. The Kier molecular flexibility index (Phi) is 5.98. The van der Waals surface area contributed by atoms with Crippen molar-refractivity contribution >= 4 is 42.7 Å². The number of rotatable bonds is 6. The molecule has 1 atom stereocenters. The summed E-state index contributed by atoms with van der Waals surface area (Å²) in [6.45, 7) is 2.03. The molecule has 10 heteroatoms. The molecule has 1 fully saturated rings. The lowest BCUT2D eigenvalue weighted by Gasteiger charge is -2.31. The maximum absolute atomic E-state index is 12.7. The topological polar surface area (TPSA) is 118 Å². The quantitative estimate of drug-likeness (QED) is 0.598.